The third-order valence-electron chi connectivity index (χ3n) is 8.11. The first-order valence-electron chi connectivity index (χ1n) is 15.0. The number of carbonyl (C=O) groups is 2. The molecule has 45 heavy (non-hydrogen) atoms. The van der Waals surface area contributed by atoms with E-state index in [4.69, 9.17) is 4.74 Å². The van der Waals surface area contributed by atoms with Gasteiger partial charge in [0.1, 0.15) is 14.6 Å². The van der Waals surface area contributed by atoms with Crippen molar-refractivity contribution in [1.29, 1.82) is 0 Å². The second kappa shape index (κ2) is 12.0. The van der Waals surface area contributed by atoms with E-state index >= 15 is 0 Å². The lowest BCUT2D eigenvalue weighted by Crippen LogP contribution is -2.45. The Morgan fingerprint density at radius 3 is 2.44 bits per heavy atom. The van der Waals surface area contributed by atoms with Crippen LogP contribution in [0.5, 0.6) is 0 Å². The number of carbonyl (C=O) groups excluding carboxylic acids is 2. The van der Waals surface area contributed by atoms with Crippen LogP contribution in [0.4, 0.5) is 4.79 Å². The number of sulfonamides is 1. The van der Waals surface area contributed by atoms with E-state index in [0.29, 0.717) is 36.3 Å². The fourth-order valence-corrected chi connectivity index (χ4v) is 8.34. The Hall–Kier alpha value is -3.50. The van der Waals surface area contributed by atoms with Crippen molar-refractivity contribution in [2.24, 2.45) is 7.05 Å². The minimum atomic E-state index is -3.91. The maximum atomic E-state index is 14.0. The number of piperidine rings is 1. The molecule has 0 radical (unpaired) electrons. The van der Waals surface area contributed by atoms with E-state index in [2.05, 4.69) is 9.82 Å². The Morgan fingerprint density at radius 1 is 1.20 bits per heavy atom. The van der Waals surface area contributed by atoms with Gasteiger partial charge in [-0.2, -0.15) is 5.10 Å². The van der Waals surface area contributed by atoms with Crippen molar-refractivity contribution in [2.75, 3.05) is 26.7 Å². The summed E-state index contributed by atoms with van der Waals surface area (Å²) >= 11 is 0.918. The van der Waals surface area contributed by atoms with Gasteiger partial charge in [0, 0.05) is 63.5 Å². The summed E-state index contributed by atoms with van der Waals surface area (Å²) in [6.45, 7) is 8.08. The predicted molar refractivity (Wildman–Crippen MR) is 169 cm³/mol. The van der Waals surface area contributed by atoms with E-state index in [0.717, 1.165) is 28.7 Å². The van der Waals surface area contributed by atoms with E-state index < -0.39 is 38.5 Å². The highest BCUT2D eigenvalue weighted by Crippen LogP contribution is 2.38. The Labute approximate surface area is 265 Å². The molecule has 1 saturated carbocycles. The number of amides is 2. The zero-order valence-electron chi connectivity index (χ0n) is 26.5. The molecule has 16 heteroatoms. The topological polar surface area (TPSA) is 158 Å². The number of likely N-dealkylation sites (tertiary alicyclic amines) is 1. The third-order valence-corrected chi connectivity index (χ3v) is 11.4. The maximum absolute atomic E-state index is 14.0. The summed E-state index contributed by atoms with van der Waals surface area (Å²) in [5, 5.41) is 4.30. The van der Waals surface area contributed by atoms with Gasteiger partial charge in [0.15, 0.2) is 0 Å². The van der Waals surface area contributed by atoms with Crippen LogP contribution < -0.4 is 16.0 Å². The molecule has 14 nitrogen and oxygen atoms in total. The molecule has 1 aliphatic carbocycles. The van der Waals surface area contributed by atoms with Gasteiger partial charge in [-0.1, -0.05) is 0 Å². The van der Waals surface area contributed by atoms with Gasteiger partial charge >= 0.3 is 11.8 Å². The molecule has 0 unspecified atom stereocenters. The maximum Gasteiger partial charge on any atom is 0.410 e. The lowest BCUT2D eigenvalue weighted by molar-refractivity contribution is -0.132. The quantitative estimate of drug-likeness (QED) is 0.365. The molecule has 1 saturated heterocycles. The van der Waals surface area contributed by atoms with Gasteiger partial charge in [0.25, 0.3) is 15.6 Å². The lowest BCUT2D eigenvalue weighted by Gasteiger charge is -2.33. The van der Waals surface area contributed by atoms with Crippen molar-refractivity contribution in [3.8, 4) is 0 Å². The zero-order valence-corrected chi connectivity index (χ0v) is 28.2. The number of nitrogens with zero attached hydrogens (tertiary/aromatic N) is 6. The molecule has 0 spiro atoms. The van der Waals surface area contributed by atoms with Crippen LogP contribution in [0.25, 0.3) is 10.2 Å². The molecule has 0 aromatic carbocycles. The number of rotatable bonds is 9. The fraction of sp³-hybridized carbons (Fsp3) is 0.621. The Bertz CT molecular complexity index is 1840. The van der Waals surface area contributed by atoms with Crippen molar-refractivity contribution in [2.45, 2.75) is 87.7 Å². The van der Waals surface area contributed by atoms with Gasteiger partial charge in [0.05, 0.1) is 18.1 Å². The summed E-state index contributed by atoms with van der Waals surface area (Å²) in [6, 6.07) is 1.00. The molecule has 3 aromatic heterocycles. The van der Waals surface area contributed by atoms with E-state index in [1.54, 1.807) is 56.8 Å². The molecule has 1 aliphatic heterocycles. The number of ether oxygens (including phenoxy) is 1. The molecule has 4 heterocycles. The average molecular weight is 664 g/mol. The first-order valence-corrected chi connectivity index (χ1v) is 17.3. The summed E-state index contributed by atoms with van der Waals surface area (Å²) in [5.74, 6) is -0.118. The molecule has 0 bridgehead atoms. The van der Waals surface area contributed by atoms with Gasteiger partial charge in [-0.05, 0) is 59.4 Å². The number of aromatic nitrogens is 4. The molecule has 246 valence electrons. The number of fused-ring (bicyclic) bond motifs is 1. The SMILES string of the molecule is CN(CCC(=O)N1CCC(n2c(=O)n(Cc3cnn(C)c3)c(=O)c3cc(S(=O)(=O)NC4(C)CC4)sc32)CC1)C(=O)OC(C)(C)C. The molecule has 0 atom stereocenters. The second-order valence-corrected chi connectivity index (χ2v) is 16.2. The van der Waals surface area contributed by atoms with Gasteiger partial charge in [-0.3, -0.25) is 23.4 Å². The molecular weight excluding hydrogens is 622 g/mol. The van der Waals surface area contributed by atoms with Crippen LogP contribution in [-0.2, 0) is 33.1 Å². The van der Waals surface area contributed by atoms with Gasteiger partial charge in [0.2, 0.25) is 5.91 Å². The molecule has 2 aliphatic rings. The Balaban J connectivity index is 1.39. The Morgan fingerprint density at radius 2 is 1.87 bits per heavy atom. The minimum Gasteiger partial charge on any atom is -0.444 e. The largest absolute Gasteiger partial charge is 0.444 e. The van der Waals surface area contributed by atoms with Crippen molar-refractivity contribution in [3.63, 3.8) is 0 Å². The van der Waals surface area contributed by atoms with Crippen molar-refractivity contribution in [3.05, 3.63) is 44.9 Å². The highest BCUT2D eigenvalue weighted by atomic mass is 32.2. The zero-order chi connectivity index (χ0) is 32.9. The number of nitrogens with one attached hydrogen (secondary N) is 1. The summed E-state index contributed by atoms with van der Waals surface area (Å²) in [5.41, 5.74) is -1.58. The molecule has 2 amide bonds. The van der Waals surface area contributed by atoms with Gasteiger partial charge in [-0.15, -0.1) is 11.3 Å². The number of aryl methyl sites for hydroxylation is 1. The minimum absolute atomic E-state index is 0.0157. The van der Waals surface area contributed by atoms with Crippen molar-refractivity contribution in [1.82, 2.24) is 33.4 Å². The first kappa shape index (κ1) is 32.9. The van der Waals surface area contributed by atoms with Crippen LogP contribution in [0, 0.1) is 0 Å². The number of hydrogen-bond donors (Lipinski definition) is 1. The molecule has 5 rings (SSSR count). The van der Waals surface area contributed by atoms with Crippen LogP contribution in [0.15, 0.2) is 32.3 Å². The summed E-state index contributed by atoms with van der Waals surface area (Å²) in [6.07, 6.45) is 5.25. The molecule has 1 N–H and O–H groups in total. The predicted octanol–water partition coefficient (Wildman–Crippen LogP) is 2.26. The van der Waals surface area contributed by atoms with Crippen LogP contribution >= 0.6 is 11.3 Å². The number of thiophene rings is 1. The normalized spacial score (nSPS) is 17.1. The highest BCUT2D eigenvalue weighted by Gasteiger charge is 2.42. The van der Waals surface area contributed by atoms with Crippen molar-refractivity contribution < 1.29 is 22.7 Å². The van der Waals surface area contributed by atoms with Gasteiger partial charge in [-0.25, -0.2) is 22.7 Å². The summed E-state index contributed by atoms with van der Waals surface area (Å²) in [4.78, 5) is 56.3. The molecular formula is C29H41N7O7S2. The lowest BCUT2D eigenvalue weighted by atomic mass is 10.0. The van der Waals surface area contributed by atoms with Crippen LogP contribution in [0.1, 0.15) is 71.4 Å². The molecule has 2 fully saturated rings. The standard InChI is InChI=1S/C29H41N7O7S2/c1-28(2,3)43-27(40)32(5)12-9-22(37)34-13-7-20(8-14-34)36-25-21(15-23(44-25)45(41,42)31-29(4)10-11-29)24(38)35(26(36)39)18-19-16-30-33(6)17-19/h15-17,20,31H,7-14,18H2,1-6H3. The second-order valence-electron chi connectivity index (χ2n) is 13.3. The van der Waals surface area contributed by atoms with Crippen LogP contribution in [0.2, 0.25) is 0 Å². The summed E-state index contributed by atoms with van der Waals surface area (Å²) < 4.78 is 38.9. The Kier molecular flexibility index (Phi) is 8.78. The molecule has 3 aromatic rings. The first-order chi connectivity index (χ1) is 21.0. The van der Waals surface area contributed by atoms with E-state index in [1.807, 2.05) is 6.92 Å². The number of hydrogen-bond acceptors (Lipinski definition) is 9. The summed E-state index contributed by atoms with van der Waals surface area (Å²) in [7, 11) is -0.588. The monoisotopic (exact) mass is 663 g/mol. The van der Waals surface area contributed by atoms with E-state index in [1.165, 1.54) is 15.5 Å². The van der Waals surface area contributed by atoms with Crippen LogP contribution in [-0.4, -0.2) is 87.0 Å². The highest BCUT2D eigenvalue weighted by molar-refractivity contribution is 7.91. The van der Waals surface area contributed by atoms with Crippen LogP contribution in [0.3, 0.4) is 0 Å². The fourth-order valence-electron chi connectivity index (χ4n) is 5.36. The smallest absolute Gasteiger partial charge is 0.410 e. The van der Waals surface area contributed by atoms with Gasteiger partial charge < -0.3 is 14.5 Å². The van der Waals surface area contributed by atoms with Crippen molar-refractivity contribution >= 4 is 43.6 Å². The van der Waals surface area contributed by atoms with E-state index in [-0.39, 0.29) is 41.1 Å². The third kappa shape index (κ3) is 7.33. The van der Waals surface area contributed by atoms with E-state index in [9.17, 15) is 27.6 Å². The average Bonchev–Trinajstić information content (AvgIpc) is 3.30.